The molecule has 33 heavy (non-hydrogen) atoms. The van der Waals surface area contributed by atoms with Gasteiger partial charge in [-0.15, -0.1) is 0 Å². The minimum absolute atomic E-state index is 0.0532. The van der Waals surface area contributed by atoms with Gasteiger partial charge >= 0.3 is 0 Å². The van der Waals surface area contributed by atoms with Crippen molar-refractivity contribution < 1.29 is 18.4 Å². The van der Waals surface area contributed by atoms with Crippen LogP contribution in [0.25, 0.3) is 27.7 Å². The fourth-order valence-corrected chi connectivity index (χ4v) is 3.22. The van der Waals surface area contributed by atoms with Crippen molar-refractivity contribution in [2.75, 3.05) is 18.9 Å². The Hall–Kier alpha value is -4.01. The summed E-state index contributed by atoms with van der Waals surface area (Å²) in [7, 11) is 1.94. The second kappa shape index (κ2) is 11.0. The Morgan fingerprint density at radius 2 is 1.94 bits per heavy atom. The second-order valence-corrected chi connectivity index (χ2v) is 7.16. The molecule has 0 bridgehead atoms. The maximum absolute atomic E-state index is 11.2. The first-order valence-corrected chi connectivity index (χ1v) is 10.4. The number of nitrogens with zero attached hydrogens (tertiary/aromatic N) is 2. The number of H-pyrrole nitrogens is 1. The summed E-state index contributed by atoms with van der Waals surface area (Å²) >= 11 is 0. The van der Waals surface area contributed by atoms with E-state index in [-0.39, 0.29) is 6.29 Å². The van der Waals surface area contributed by atoms with Crippen molar-refractivity contribution >= 4 is 28.8 Å². The third kappa shape index (κ3) is 6.03. The van der Waals surface area contributed by atoms with Crippen molar-refractivity contribution in [2.24, 2.45) is 0 Å². The highest BCUT2D eigenvalue weighted by molar-refractivity contribution is 6.23. The fraction of sp³-hybridized carbons (Fsp3) is 0.208. The number of aldehydes is 1. The summed E-state index contributed by atoms with van der Waals surface area (Å²) in [6, 6.07) is 15.0. The average Bonchev–Trinajstić information content (AvgIpc) is 3.50. The number of rotatable bonds is 7. The lowest BCUT2D eigenvalue weighted by Gasteiger charge is -2.03. The number of anilines is 1. The number of carbonyl (C=O) groups is 2. The lowest BCUT2D eigenvalue weighted by molar-refractivity contribution is -0.131. The molecular formula is C24H25F2N5O2. The zero-order chi connectivity index (χ0) is 23.8. The quantitative estimate of drug-likeness (QED) is 0.289. The van der Waals surface area contributed by atoms with Gasteiger partial charge in [-0.2, -0.15) is 5.10 Å². The minimum atomic E-state index is -2.60. The Labute approximate surface area is 189 Å². The van der Waals surface area contributed by atoms with E-state index in [1.807, 2.05) is 24.1 Å². The molecule has 0 saturated heterocycles. The van der Waals surface area contributed by atoms with Crippen molar-refractivity contribution in [3.63, 3.8) is 0 Å². The SMILES string of the molecule is CCc1ccc(-n2cc(-c3ccc4[nH]cc(NC)c4c3)cn2)cc1.O=CC(=O)NCC(F)F. The van der Waals surface area contributed by atoms with Gasteiger partial charge in [-0.1, -0.05) is 25.1 Å². The van der Waals surface area contributed by atoms with Gasteiger partial charge in [0.25, 0.3) is 12.3 Å². The molecule has 0 radical (unpaired) electrons. The van der Waals surface area contributed by atoms with Crippen LogP contribution in [0, 0.1) is 0 Å². The standard InChI is InChI=1S/C20H20N4.C4H5F2NO2/c1-3-14-4-7-17(8-5-14)24-13-16(11-23-24)15-6-9-19-18(10-15)20(21-2)12-22-19;5-3(6)1-7-4(9)2-8/h4-13,21-22H,3H2,1-2H3;2-3H,1H2,(H,7,9). The number of aryl methyl sites for hydroxylation is 1. The van der Waals surface area contributed by atoms with Crippen molar-refractivity contribution in [1.29, 1.82) is 0 Å². The van der Waals surface area contributed by atoms with Crippen molar-refractivity contribution in [3.8, 4) is 16.8 Å². The number of fused-ring (bicyclic) bond motifs is 1. The first-order chi connectivity index (χ1) is 15.9. The van der Waals surface area contributed by atoms with Crippen LogP contribution >= 0.6 is 0 Å². The van der Waals surface area contributed by atoms with E-state index in [0.717, 1.165) is 34.4 Å². The molecule has 4 rings (SSSR count). The lowest BCUT2D eigenvalue weighted by atomic mass is 10.1. The summed E-state index contributed by atoms with van der Waals surface area (Å²) < 4.78 is 24.3. The van der Waals surface area contributed by atoms with Crippen molar-refractivity contribution in [3.05, 3.63) is 66.6 Å². The number of aromatic nitrogens is 3. The minimum Gasteiger partial charge on any atom is -0.386 e. The molecule has 0 aliphatic carbocycles. The fourth-order valence-electron chi connectivity index (χ4n) is 3.22. The summed E-state index contributed by atoms with van der Waals surface area (Å²) in [4.78, 5) is 22.6. The van der Waals surface area contributed by atoms with Crippen LogP contribution in [0.3, 0.4) is 0 Å². The van der Waals surface area contributed by atoms with Gasteiger partial charge in [-0.3, -0.25) is 9.59 Å². The van der Waals surface area contributed by atoms with Gasteiger partial charge in [0.1, 0.15) is 0 Å². The van der Waals surface area contributed by atoms with Crippen LogP contribution in [0.1, 0.15) is 12.5 Å². The highest BCUT2D eigenvalue weighted by atomic mass is 19.3. The molecule has 0 unspecified atom stereocenters. The molecule has 2 aromatic heterocycles. The number of nitrogens with one attached hydrogen (secondary N) is 3. The Morgan fingerprint density at radius 3 is 2.58 bits per heavy atom. The van der Waals surface area contributed by atoms with E-state index < -0.39 is 18.9 Å². The molecule has 0 aliphatic rings. The predicted molar refractivity (Wildman–Crippen MR) is 125 cm³/mol. The zero-order valence-corrected chi connectivity index (χ0v) is 18.3. The number of alkyl halides is 2. The number of carbonyl (C=O) groups excluding carboxylic acids is 2. The van der Waals surface area contributed by atoms with Gasteiger partial charge in [-0.25, -0.2) is 13.5 Å². The maximum Gasteiger partial charge on any atom is 0.284 e. The molecule has 2 aromatic carbocycles. The summed E-state index contributed by atoms with van der Waals surface area (Å²) in [6.45, 7) is 1.40. The van der Waals surface area contributed by atoms with Gasteiger partial charge < -0.3 is 15.6 Å². The van der Waals surface area contributed by atoms with E-state index in [0.29, 0.717) is 0 Å². The van der Waals surface area contributed by atoms with E-state index in [1.54, 1.807) is 5.32 Å². The van der Waals surface area contributed by atoms with Crippen LogP contribution in [0.4, 0.5) is 14.5 Å². The van der Waals surface area contributed by atoms with E-state index in [4.69, 9.17) is 0 Å². The molecule has 0 fully saturated rings. The molecule has 0 saturated carbocycles. The Balaban J connectivity index is 0.000000292. The molecule has 172 valence electrons. The largest absolute Gasteiger partial charge is 0.386 e. The molecule has 7 nitrogen and oxygen atoms in total. The van der Waals surface area contributed by atoms with Crippen LogP contribution in [0.15, 0.2) is 61.1 Å². The summed E-state index contributed by atoms with van der Waals surface area (Å²) in [6.07, 6.45) is 4.38. The third-order valence-corrected chi connectivity index (χ3v) is 5.01. The molecule has 0 spiro atoms. The molecule has 9 heteroatoms. The first-order valence-electron chi connectivity index (χ1n) is 10.4. The molecule has 4 aromatic rings. The normalized spacial score (nSPS) is 10.6. The molecule has 1 amide bonds. The molecule has 0 aliphatic heterocycles. The van der Waals surface area contributed by atoms with Crippen LogP contribution in [-0.4, -0.2) is 47.0 Å². The average molecular weight is 453 g/mol. The van der Waals surface area contributed by atoms with E-state index in [9.17, 15) is 18.4 Å². The molecular weight excluding hydrogens is 428 g/mol. The summed E-state index contributed by atoms with van der Waals surface area (Å²) in [5, 5.41) is 10.6. The van der Waals surface area contributed by atoms with Crippen molar-refractivity contribution in [1.82, 2.24) is 20.1 Å². The maximum atomic E-state index is 11.2. The Kier molecular flexibility index (Phi) is 7.91. The summed E-state index contributed by atoms with van der Waals surface area (Å²) in [5.74, 6) is -1.02. The Bertz CT molecular complexity index is 1220. The predicted octanol–water partition coefficient (Wildman–Crippen LogP) is 4.19. The third-order valence-electron chi connectivity index (χ3n) is 5.01. The monoisotopic (exact) mass is 453 g/mol. The Morgan fingerprint density at radius 1 is 1.18 bits per heavy atom. The van der Waals surface area contributed by atoms with Crippen LogP contribution < -0.4 is 10.6 Å². The number of halogens is 2. The summed E-state index contributed by atoms with van der Waals surface area (Å²) in [5.41, 5.74) is 6.93. The molecule has 3 N–H and O–H groups in total. The second-order valence-electron chi connectivity index (χ2n) is 7.16. The highest BCUT2D eigenvalue weighted by Crippen LogP contribution is 2.29. The smallest absolute Gasteiger partial charge is 0.284 e. The first kappa shape index (κ1) is 23.6. The lowest BCUT2D eigenvalue weighted by Crippen LogP contribution is -2.28. The number of hydrogen-bond acceptors (Lipinski definition) is 4. The van der Waals surface area contributed by atoms with E-state index in [2.05, 4.69) is 71.0 Å². The number of aromatic amines is 1. The van der Waals surface area contributed by atoms with Crippen LogP contribution in [0.5, 0.6) is 0 Å². The van der Waals surface area contributed by atoms with Crippen LogP contribution in [-0.2, 0) is 16.0 Å². The number of hydrogen-bond donors (Lipinski definition) is 3. The number of benzene rings is 2. The van der Waals surface area contributed by atoms with Gasteiger partial charge in [0.15, 0.2) is 0 Å². The van der Waals surface area contributed by atoms with Gasteiger partial charge in [-0.05, 0) is 41.8 Å². The van der Waals surface area contributed by atoms with Gasteiger partial charge in [0, 0.05) is 35.9 Å². The number of amides is 1. The topological polar surface area (TPSA) is 91.8 Å². The van der Waals surface area contributed by atoms with E-state index in [1.165, 1.54) is 10.9 Å². The van der Waals surface area contributed by atoms with Crippen molar-refractivity contribution in [2.45, 2.75) is 19.8 Å². The molecule has 2 heterocycles. The van der Waals surface area contributed by atoms with Gasteiger partial charge in [0.2, 0.25) is 6.29 Å². The highest BCUT2D eigenvalue weighted by Gasteiger charge is 2.08. The van der Waals surface area contributed by atoms with Crippen LogP contribution in [0.2, 0.25) is 0 Å². The van der Waals surface area contributed by atoms with E-state index >= 15 is 0 Å². The molecule has 0 atom stereocenters. The van der Waals surface area contributed by atoms with Gasteiger partial charge in [0.05, 0.1) is 24.1 Å². The zero-order valence-electron chi connectivity index (χ0n) is 18.3.